The number of anilines is 1. The van der Waals surface area contributed by atoms with E-state index >= 15 is 0 Å². The Bertz CT molecular complexity index is 1030. The Hall–Kier alpha value is -3.00. The van der Waals surface area contributed by atoms with Crippen molar-refractivity contribution >= 4 is 21.4 Å². The maximum atomic E-state index is 13.3. The molecule has 0 saturated carbocycles. The number of hydrogen-bond donors (Lipinski definition) is 0. The Labute approximate surface area is 176 Å². The molecule has 1 aliphatic heterocycles. The van der Waals surface area contributed by atoms with E-state index in [2.05, 4.69) is 0 Å². The topological polar surface area (TPSA) is 82.1 Å². The van der Waals surface area contributed by atoms with Crippen LogP contribution in [0.3, 0.4) is 0 Å². The van der Waals surface area contributed by atoms with Crippen molar-refractivity contribution in [2.45, 2.75) is 19.4 Å². The van der Waals surface area contributed by atoms with E-state index in [0.29, 0.717) is 23.8 Å². The van der Waals surface area contributed by atoms with E-state index in [9.17, 15) is 13.2 Å². The van der Waals surface area contributed by atoms with Gasteiger partial charge in [0.25, 0.3) is 0 Å². The summed E-state index contributed by atoms with van der Waals surface area (Å²) in [4.78, 5) is 14.8. The second-order valence-corrected chi connectivity index (χ2v) is 8.71. The maximum absolute atomic E-state index is 13.3. The average Bonchev–Trinajstić information content (AvgIpc) is 3.09. The Morgan fingerprint density at radius 2 is 1.77 bits per heavy atom. The molecular formula is C22H25NO6S. The quantitative estimate of drug-likeness (QED) is 0.639. The molecule has 0 bridgehead atoms. The van der Waals surface area contributed by atoms with E-state index in [1.807, 2.05) is 31.2 Å². The predicted octanol–water partition coefficient (Wildman–Crippen LogP) is 2.99. The smallest absolute Gasteiger partial charge is 0.232 e. The summed E-state index contributed by atoms with van der Waals surface area (Å²) >= 11 is 0. The molecule has 2 aromatic carbocycles. The SMILES string of the molecule is CCOc1ccc(CC(=O)N(c2ccc(OC)cc2OC)[C@H]2C=CS(=O)(=O)C2)cc1. The van der Waals surface area contributed by atoms with Gasteiger partial charge in [0, 0.05) is 11.5 Å². The number of sulfone groups is 1. The molecule has 7 nitrogen and oxygen atoms in total. The first-order valence-corrected chi connectivity index (χ1v) is 11.2. The number of ether oxygens (including phenoxy) is 3. The molecule has 8 heteroatoms. The van der Waals surface area contributed by atoms with Crippen LogP contribution in [0.4, 0.5) is 5.69 Å². The molecule has 1 atom stereocenters. The van der Waals surface area contributed by atoms with Crippen molar-refractivity contribution in [3.05, 3.63) is 59.5 Å². The van der Waals surface area contributed by atoms with Gasteiger partial charge < -0.3 is 19.1 Å². The van der Waals surface area contributed by atoms with Crippen molar-refractivity contribution in [3.8, 4) is 17.2 Å². The molecule has 0 unspecified atom stereocenters. The van der Waals surface area contributed by atoms with Crippen molar-refractivity contribution in [2.24, 2.45) is 0 Å². The molecule has 1 aliphatic rings. The van der Waals surface area contributed by atoms with Gasteiger partial charge in [-0.3, -0.25) is 4.79 Å². The van der Waals surface area contributed by atoms with Crippen LogP contribution in [0, 0.1) is 0 Å². The zero-order chi connectivity index (χ0) is 21.7. The summed E-state index contributed by atoms with van der Waals surface area (Å²) in [6.45, 7) is 2.46. The molecule has 0 saturated heterocycles. The van der Waals surface area contributed by atoms with Crippen LogP contribution in [-0.2, 0) is 21.1 Å². The summed E-state index contributed by atoms with van der Waals surface area (Å²) in [5.74, 6) is 1.31. The van der Waals surface area contributed by atoms with Gasteiger partial charge in [-0.1, -0.05) is 12.1 Å². The number of carbonyl (C=O) groups is 1. The number of methoxy groups -OCH3 is 2. The number of carbonyl (C=O) groups excluding carboxylic acids is 1. The van der Waals surface area contributed by atoms with E-state index in [1.54, 1.807) is 18.2 Å². The van der Waals surface area contributed by atoms with E-state index in [4.69, 9.17) is 14.2 Å². The Morgan fingerprint density at radius 3 is 2.33 bits per heavy atom. The molecule has 2 aromatic rings. The molecule has 3 rings (SSSR count). The molecule has 0 fully saturated rings. The van der Waals surface area contributed by atoms with Crippen LogP contribution in [0.5, 0.6) is 17.2 Å². The monoisotopic (exact) mass is 431 g/mol. The minimum Gasteiger partial charge on any atom is -0.497 e. The minimum atomic E-state index is -3.36. The summed E-state index contributed by atoms with van der Waals surface area (Å²) in [6.07, 6.45) is 1.64. The lowest BCUT2D eigenvalue weighted by atomic mass is 10.1. The molecule has 0 N–H and O–H groups in total. The minimum absolute atomic E-state index is 0.103. The van der Waals surface area contributed by atoms with Gasteiger partial charge in [0.15, 0.2) is 9.84 Å². The van der Waals surface area contributed by atoms with Crippen LogP contribution in [0.2, 0.25) is 0 Å². The summed E-state index contributed by atoms with van der Waals surface area (Å²) in [5, 5.41) is 1.16. The highest BCUT2D eigenvalue weighted by Crippen LogP contribution is 2.35. The first kappa shape index (κ1) is 21.7. The van der Waals surface area contributed by atoms with Crippen molar-refractivity contribution in [1.29, 1.82) is 0 Å². The lowest BCUT2D eigenvalue weighted by Gasteiger charge is -2.29. The van der Waals surface area contributed by atoms with Gasteiger partial charge in [-0.25, -0.2) is 8.42 Å². The average molecular weight is 432 g/mol. The molecular weight excluding hydrogens is 406 g/mol. The number of rotatable bonds is 8. The number of nitrogens with zero attached hydrogens (tertiary/aromatic N) is 1. The van der Waals surface area contributed by atoms with Crippen LogP contribution in [-0.4, -0.2) is 46.9 Å². The molecule has 0 radical (unpaired) electrons. The third-order valence-corrected chi connectivity index (χ3v) is 6.13. The molecule has 0 aromatic heterocycles. The van der Waals surface area contributed by atoms with Crippen LogP contribution in [0.15, 0.2) is 53.9 Å². The molecule has 160 valence electrons. The fourth-order valence-corrected chi connectivity index (χ4v) is 4.60. The van der Waals surface area contributed by atoms with Crippen molar-refractivity contribution in [3.63, 3.8) is 0 Å². The van der Waals surface area contributed by atoms with Gasteiger partial charge in [-0.05, 0) is 42.8 Å². The largest absolute Gasteiger partial charge is 0.497 e. The van der Waals surface area contributed by atoms with Crippen LogP contribution in [0.1, 0.15) is 12.5 Å². The van der Waals surface area contributed by atoms with E-state index in [1.165, 1.54) is 25.2 Å². The highest BCUT2D eigenvalue weighted by atomic mass is 32.2. The molecule has 0 aliphatic carbocycles. The van der Waals surface area contributed by atoms with Crippen LogP contribution in [0.25, 0.3) is 0 Å². The van der Waals surface area contributed by atoms with Gasteiger partial charge in [0.2, 0.25) is 5.91 Å². The first-order chi connectivity index (χ1) is 14.4. The van der Waals surface area contributed by atoms with E-state index < -0.39 is 15.9 Å². The molecule has 30 heavy (non-hydrogen) atoms. The third-order valence-electron chi connectivity index (χ3n) is 4.75. The zero-order valence-corrected chi connectivity index (χ0v) is 18.0. The van der Waals surface area contributed by atoms with Crippen molar-refractivity contribution in [2.75, 3.05) is 31.5 Å². The Balaban J connectivity index is 1.94. The first-order valence-electron chi connectivity index (χ1n) is 9.53. The van der Waals surface area contributed by atoms with Crippen molar-refractivity contribution in [1.82, 2.24) is 0 Å². The van der Waals surface area contributed by atoms with E-state index in [0.717, 1.165) is 16.7 Å². The molecule has 0 spiro atoms. The van der Waals surface area contributed by atoms with Gasteiger partial charge in [-0.15, -0.1) is 0 Å². The molecule has 1 amide bonds. The van der Waals surface area contributed by atoms with Gasteiger partial charge in [-0.2, -0.15) is 0 Å². The molecule has 1 heterocycles. The lowest BCUT2D eigenvalue weighted by Crippen LogP contribution is -2.42. The number of hydrogen-bond acceptors (Lipinski definition) is 6. The normalized spacial score (nSPS) is 16.8. The number of amides is 1. The predicted molar refractivity (Wildman–Crippen MR) is 115 cm³/mol. The Morgan fingerprint density at radius 1 is 1.07 bits per heavy atom. The van der Waals surface area contributed by atoms with Crippen molar-refractivity contribution < 1.29 is 27.4 Å². The van der Waals surface area contributed by atoms with E-state index in [-0.39, 0.29) is 18.1 Å². The lowest BCUT2D eigenvalue weighted by molar-refractivity contribution is -0.118. The fourth-order valence-electron chi connectivity index (χ4n) is 3.33. The number of benzene rings is 2. The van der Waals surface area contributed by atoms with Crippen LogP contribution >= 0.6 is 0 Å². The van der Waals surface area contributed by atoms with Gasteiger partial charge in [0.05, 0.1) is 44.7 Å². The second kappa shape index (κ2) is 9.21. The highest BCUT2D eigenvalue weighted by Gasteiger charge is 2.33. The maximum Gasteiger partial charge on any atom is 0.232 e. The summed E-state index contributed by atoms with van der Waals surface area (Å²) in [5.41, 5.74) is 1.28. The third kappa shape index (κ3) is 4.94. The summed E-state index contributed by atoms with van der Waals surface area (Å²) in [7, 11) is -0.324. The van der Waals surface area contributed by atoms with Gasteiger partial charge in [0.1, 0.15) is 17.2 Å². The Kier molecular flexibility index (Phi) is 6.66. The standard InChI is InChI=1S/C22H25NO6S/c1-4-29-18-7-5-16(6-8-18)13-22(24)23(17-11-12-30(25,26)15-17)20-10-9-19(27-2)14-21(20)28-3/h5-12,14,17H,4,13,15H2,1-3H3/t17-/m0/s1. The van der Waals surface area contributed by atoms with Gasteiger partial charge >= 0.3 is 0 Å². The van der Waals surface area contributed by atoms with Crippen LogP contribution < -0.4 is 19.1 Å². The summed E-state index contributed by atoms with van der Waals surface area (Å²) < 4.78 is 40.2. The summed E-state index contributed by atoms with van der Waals surface area (Å²) in [6, 6.07) is 11.7. The highest BCUT2D eigenvalue weighted by molar-refractivity contribution is 7.94. The zero-order valence-electron chi connectivity index (χ0n) is 17.2. The fraction of sp³-hybridized carbons (Fsp3) is 0.318. The second-order valence-electron chi connectivity index (χ2n) is 6.78.